The fourth-order valence-corrected chi connectivity index (χ4v) is 1.83. The number of ether oxygens (including phenoxy) is 1. The van der Waals surface area contributed by atoms with Crippen molar-refractivity contribution in [1.82, 2.24) is 0 Å². The number of halogens is 5. The van der Waals surface area contributed by atoms with E-state index in [4.69, 9.17) is 4.74 Å². The maximum absolute atomic E-state index is 13.0. The summed E-state index contributed by atoms with van der Waals surface area (Å²) in [4.78, 5) is 0. The Morgan fingerprint density at radius 1 is 0.955 bits per heavy atom. The van der Waals surface area contributed by atoms with Gasteiger partial charge in [0.05, 0.1) is 0 Å². The van der Waals surface area contributed by atoms with Crippen molar-refractivity contribution in [1.29, 1.82) is 0 Å². The molecule has 0 aromatic heterocycles. The Morgan fingerprint density at radius 2 is 1.64 bits per heavy atom. The molecule has 1 nitrogen and oxygen atoms in total. The Hall–Kier alpha value is -0.409. The van der Waals surface area contributed by atoms with Gasteiger partial charge in [0, 0.05) is 0 Å². The predicted molar refractivity (Wildman–Crippen MR) is 70.6 cm³/mol. The van der Waals surface area contributed by atoms with Gasteiger partial charge in [-0.05, 0) is 36.2 Å². The van der Waals surface area contributed by atoms with E-state index in [0.717, 1.165) is 24.3 Å². The van der Waals surface area contributed by atoms with Crippen molar-refractivity contribution in [3.05, 3.63) is 59.2 Å². The van der Waals surface area contributed by atoms with Gasteiger partial charge in [-0.1, -0.05) is 18.2 Å². The summed E-state index contributed by atoms with van der Waals surface area (Å²) in [6.07, 6.45) is 0. The first-order chi connectivity index (χ1) is 9.77. The molecule has 0 amide bonds. The molecule has 0 spiro atoms. The molecule has 0 unspecified atom stereocenters. The van der Waals surface area contributed by atoms with Crippen LogP contribution in [0.1, 0.15) is 11.1 Å². The van der Waals surface area contributed by atoms with E-state index in [2.05, 4.69) is 0 Å². The van der Waals surface area contributed by atoms with Gasteiger partial charge in [0.2, 0.25) is 0 Å². The molecule has 0 atom stereocenters. The second kappa shape index (κ2) is 7.92. The zero-order valence-corrected chi connectivity index (χ0v) is 15.2. The number of rotatable bonds is 4. The average Bonchev–Trinajstić information content (AvgIpc) is 2.40. The number of hydrogen-bond acceptors (Lipinski definition) is 1. The van der Waals surface area contributed by atoms with Crippen molar-refractivity contribution in [3.8, 4) is 5.75 Å². The molecule has 22 heavy (non-hydrogen) atoms. The van der Waals surface area contributed by atoms with Crippen molar-refractivity contribution in [2.75, 3.05) is 0 Å². The number of hydrogen-bond donors (Lipinski definition) is 0. The van der Waals surface area contributed by atoms with Crippen LogP contribution in [-0.2, 0) is 6.61 Å². The monoisotopic (exact) mass is 340 g/mol. The predicted octanol–water partition coefficient (Wildman–Crippen LogP) is 0.911. The molecule has 0 aliphatic heterocycles. The maximum atomic E-state index is 13.0. The topological polar surface area (TPSA) is 9.23 Å². The van der Waals surface area contributed by atoms with E-state index >= 15 is 0 Å². The maximum Gasteiger partial charge on any atom is 1.00 e. The molecule has 0 aliphatic carbocycles. The molecule has 0 N–H and O–H groups in total. The summed E-state index contributed by atoms with van der Waals surface area (Å²) in [6, 6.07) is 6.46. The smallest absolute Gasteiger partial charge is 0.489 e. The molecule has 0 saturated heterocycles. The minimum Gasteiger partial charge on any atom is -0.489 e. The Kier molecular flexibility index (Phi) is 7.07. The summed E-state index contributed by atoms with van der Waals surface area (Å²) in [5, 5.41) is 0. The molecule has 0 radical (unpaired) electrons. The van der Waals surface area contributed by atoms with E-state index < -0.39 is 24.1 Å². The number of aryl methyl sites for hydroxylation is 1. The van der Waals surface area contributed by atoms with Crippen molar-refractivity contribution in [2.24, 2.45) is 0 Å². The minimum absolute atomic E-state index is 0. The van der Waals surface area contributed by atoms with Gasteiger partial charge in [0.15, 0.2) is 11.6 Å². The van der Waals surface area contributed by atoms with Crippen LogP contribution in [0.3, 0.4) is 0 Å². The summed E-state index contributed by atoms with van der Waals surface area (Å²) in [5.74, 6) is -1.70. The van der Waals surface area contributed by atoms with E-state index in [1.165, 1.54) is 19.1 Å². The molecular formula is C14H11BF5KO. The van der Waals surface area contributed by atoms with Crippen molar-refractivity contribution in [2.45, 2.75) is 13.5 Å². The van der Waals surface area contributed by atoms with Crippen LogP contribution in [0.2, 0.25) is 0 Å². The van der Waals surface area contributed by atoms with E-state index in [1.54, 1.807) is 0 Å². The summed E-state index contributed by atoms with van der Waals surface area (Å²) in [7, 11) is 0. The minimum atomic E-state index is -5.05. The SMILES string of the molecule is Cc1cc([B-](F)(F)F)ccc1OCc1ccc(F)c(F)c1.[K+]. The van der Waals surface area contributed by atoms with Gasteiger partial charge >= 0.3 is 58.4 Å². The molecule has 2 aromatic carbocycles. The van der Waals surface area contributed by atoms with Crippen LogP contribution in [0.5, 0.6) is 5.75 Å². The fourth-order valence-electron chi connectivity index (χ4n) is 1.83. The Morgan fingerprint density at radius 3 is 2.18 bits per heavy atom. The van der Waals surface area contributed by atoms with Crippen LogP contribution in [0, 0.1) is 18.6 Å². The van der Waals surface area contributed by atoms with E-state index in [0.29, 0.717) is 11.1 Å². The first-order valence-electron chi connectivity index (χ1n) is 6.14. The molecule has 0 aliphatic rings. The molecule has 0 heterocycles. The summed E-state index contributed by atoms with van der Waals surface area (Å²) < 4.78 is 68.8. The standard InChI is InChI=1S/C14H11BF5O.K/c1-9-6-11(15(18,19)20)3-5-14(9)21-8-10-2-4-12(16)13(17)7-10;/h2-7H,8H2,1H3;/q-1;+1. The van der Waals surface area contributed by atoms with Crippen LogP contribution in [0.15, 0.2) is 36.4 Å². The van der Waals surface area contributed by atoms with Gasteiger partial charge in [-0.25, -0.2) is 8.78 Å². The normalized spacial score (nSPS) is 11.0. The number of benzene rings is 2. The van der Waals surface area contributed by atoms with Gasteiger partial charge in [0.1, 0.15) is 12.4 Å². The quantitative estimate of drug-likeness (QED) is 0.594. The Labute approximate surface area is 167 Å². The van der Waals surface area contributed by atoms with Gasteiger partial charge < -0.3 is 17.7 Å². The zero-order chi connectivity index (χ0) is 15.6. The second-order valence-corrected chi connectivity index (χ2v) is 4.64. The molecule has 2 rings (SSSR count). The molecule has 0 fully saturated rings. The molecule has 0 saturated carbocycles. The van der Waals surface area contributed by atoms with Crippen LogP contribution in [0.4, 0.5) is 21.7 Å². The molecule has 0 bridgehead atoms. The zero-order valence-electron chi connectivity index (χ0n) is 12.0. The van der Waals surface area contributed by atoms with Gasteiger partial charge in [-0.2, -0.15) is 0 Å². The van der Waals surface area contributed by atoms with Crippen molar-refractivity contribution in [3.63, 3.8) is 0 Å². The third-order valence-electron chi connectivity index (χ3n) is 2.96. The second-order valence-electron chi connectivity index (χ2n) is 4.64. The first kappa shape index (κ1) is 19.6. The molecule has 2 aromatic rings. The van der Waals surface area contributed by atoms with Gasteiger partial charge in [0.25, 0.3) is 0 Å². The largest absolute Gasteiger partial charge is 1.00 e. The third kappa shape index (κ3) is 5.06. The Balaban J connectivity index is 0.00000242. The van der Waals surface area contributed by atoms with Gasteiger partial charge in [-0.15, -0.1) is 5.46 Å². The van der Waals surface area contributed by atoms with E-state index in [-0.39, 0.29) is 63.7 Å². The van der Waals surface area contributed by atoms with Crippen LogP contribution in [-0.4, -0.2) is 6.98 Å². The van der Waals surface area contributed by atoms with Crippen molar-refractivity contribution < 1.29 is 77.8 Å². The molecule has 8 heteroatoms. The first-order valence-corrected chi connectivity index (χ1v) is 6.14. The molecular weight excluding hydrogens is 329 g/mol. The van der Waals surface area contributed by atoms with Gasteiger partial charge in [-0.3, -0.25) is 0 Å². The van der Waals surface area contributed by atoms with E-state index in [9.17, 15) is 21.7 Å². The van der Waals surface area contributed by atoms with Crippen LogP contribution in [0.25, 0.3) is 0 Å². The third-order valence-corrected chi connectivity index (χ3v) is 2.96. The molecule has 112 valence electrons. The summed E-state index contributed by atoms with van der Waals surface area (Å²) in [6.45, 7) is -3.62. The van der Waals surface area contributed by atoms with Crippen LogP contribution >= 0.6 is 0 Å². The summed E-state index contributed by atoms with van der Waals surface area (Å²) in [5.41, 5.74) is 0.0133. The fraction of sp³-hybridized carbons (Fsp3) is 0.143. The average molecular weight is 340 g/mol. The van der Waals surface area contributed by atoms with Crippen molar-refractivity contribution >= 4 is 12.4 Å². The van der Waals surface area contributed by atoms with Crippen LogP contribution < -0.4 is 61.6 Å². The summed E-state index contributed by atoms with van der Waals surface area (Å²) >= 11 is 0. The Bertz CT molecular complexity index is 660. The van der Waals surface area contributed by atoms with E-state index in [1.807, 2.05) is 0 Å².